The molecule has 20 heavy (non-hydrogen) atoms. The van der Waals surface area contributed by atoms with E-state index in [1.54, 1.807) is 0 Å². The minimum absolute atomic E-state index is 0.378. The predicted molar refractivity (Wildman–Crippen MR) is 81.7 cm³/mol. The fraction of sp³-hybridized carbons (Fsp3) is 0.400. The number of rotatable bonds is 6. The van der Waals surface area contributed by atoms with Crippen LogP contribution in [-0.2, 0) is 13.2 Å². The largest absolute Gasteiger partial charge is 0.484 e. The maximum atomic E-state index is 5.72. The lowest BCUT2D eigenvalue weighted by atomic mass is 10.2. The number of halogens is 1. The van der Waals surface area contributed by atoms with Crippen molar-refractivity contribution in [3.63, 3.8) is 0 Å². The average Bonchev–Trinajstić information content (AvgIpc) is 2.81. The maximum absolute atomic E-state index is 5.72. The van der Waals surface area contributed by atoms with Gasteiger partial charge in [-0.1, -0.05) is 25.1 Å². The highest BCUT2D eigenvalue weighted by Crippen LogP contribution is 2.27. The average molecular weight is 339 g/mol. The summed E-state index contributed by atoms with van der Waals surface area (Å²) >= 11 is 3.53. The van der Waals surface area contributed by atoms with Gasteiger partial charge in [-0.15, -0.1) is 0 Å². The van der Waals surface area contributed by atoms with Gasteiger partial charge in [0.25, 0.3) is 0 Å². The topological polar surface area (TPSA) is 47.3 Å². The molecule has 0 aliphatic heterocycles. The highest BCUT2D eigenvalue weighted by Gasteiger charge is 2.06. The quantitative estimate of drug-likeness (QED) is 0.869. The summed E-state index contributed by atoms with van der Waals surface area (Å²) in [6.45, 7) is 7.37. The normalized spacial score (nSPS) is 11.1. The van der Waals surface area contributed by atoms with Crippen molar-refractivity contribution in [3.8, 4) is 5.75 Å². The molecule has 0 atom stereocenters. The van der Waals surface area contributed by atoms with E-state index < -0.39 is 0 Å². The monoisotopic (exact) mass is 338 g/mol. The number of benzene rings is 1. The number of aryl methyl sites for hydroxylation is 1. The molecule has 1 aromatic carbocycles. The smallest absolute Gasteiger partial charge is 0.174 e. The van der Waals surface area contributed by atoms with Gasteiger partial charge in [-0.2, -0.15) is 0 Å². The Morgan fingerprint density at radius 2 is 2.15 bits per heavy atom. The van der Waals surface area contributed by atoms with Gasteiger partial charge in [-0.05, 0) is 40.5 Å². The van der Waals surface area contributed by atoms with Gasteiger partial charge in [0.15, 0.2) is 5.76 Å². The van der Waals surface area contributed by atoms with E-state index in [1.165, 1.54) is 5.56 Å². The molecule has 0 aliphatic rings. The van der Waals surface area contributed by atoms with Crippen molar-refractivity contribution in [2.75, 3.05) is 0 Å². The van der Waals surface area contributed by atoms with Crippen LogP contribution in [0.2, 0.25) is 0 Å². The van der Waals surface area contributed by atoms with E-state index in [0.29, 0.717) is 12.6 Å². The first kappa shape index (κ1) is 15.1. The molecule has 1 heterocycles. The Bertz CT molecular complexity index is 567. The van der Waals surface area contributed by atoms with Crippen molar-refractivity contribution in [1.82, 2.24) is 10.5 Å². The van der Waals surface area contributed by atoms with E-state index in [0.717, 1.165) is 28.2 Å². The van der Waals surface area contributed by atoms with E-state index in [-0.39, 0.29) is 0 Å². The van der Waals surface area contributed by atoms with Crippen LogP contribution < -0.4 is 10.1 Å². The van der Waals surface area contributed by atoms with E-state index >= 15 is 0 Å². The zero-order chi connectivity index (χ0) is 14.5. The Labute approximate surface area is 127 Å². The Kier molecular flexibility index (Phi) is 5.20. The molecule has 2 aromatic rings. The third-order valence-corrected chi connectivity index (χ3v) is 3.38. The molecule has 0 unspecified atom stereocenters. The van der Waals surface area contributed by atoms with Crippen LogP contribution in [-0.4, -0.2) is 11.2 Å². The lowest BCUT2D eigenvalue weighted by Gasteiger charge is -2.11. The molecule has 1 aromatic heterocycles. The first-order chi connectivity index (χ1) is 9.54. The van der Waals surface area contributed by atoms with Crippen LogP contribution in [0.4, 0.5) is 0 Å². The highest BCUT2D eigenvalue weighted by molar-refractivity contribution is 9.10. The molecule has 0 radical (unpaired) electrons. The molecule has 0 saturated heterocycles. The molecule has 1 N–H and O–H groups in total. The van der Waals surface area contributed by atoms with Gasteiger partial charge < -0.3 is 14.6 Å². The lowest BCUT2D eigenvalue weighted by molar-refractivity contribution is 0.247. The standard InChI is InChI=1S/C15H19BrN2O2/c1-10(2)17-8-12-4-5-15(14(16)7-12)19-9-13-6-11(3)18-20-13/h4-7,10,17H,8-9H2,1-3H3. The minimum Gasteiger partial charge on any atom is -0.484 e. The number of nitrogens with zero attached hydrogens (tertiary/aromatic N) is 1. The third kappa shape index (κ3) is 4.35. The Hall–Kier alpha value is -1.33. The maximum Gasteiger partial charge on any atom is 0.174 e. The van der Waals surface area contributed by atoms with Crippen LogP contribution in [0.3, 0.4) is 0 Å². The van der Waals surface area contributed by atoms with Gasteiger partial charge in [-0.25, -0.2) is 0 Å². The first-order valence-corrected chi connectivity index (χ1v) is 7.40. The van der Waals surface area contributed by atoms with E-state index in [1.807, 2.05) is 19.1 Å². The molecule has 0 saturated carbocycles. The summed E-state index contributed by atoms with van der Waals surface area (Å²) < 4.78 is 11.8. The number of ether oxygens (including phenoxy) is 1. The molecule has 0 bridgehead atoms. The van der Waals surface area contributed by atoms with Crippen molar-refractivity contribution < 1.29 is 9.26 Å². The predicted octanol–water partition coefficient (Wildman–Crippen LogP) is 3.82. The summed E-state index contributed by atoms with van der Waals surface area (Å²) in [6.07, 6.45) is 0. The van der Waals surface area contributed by atoms with Crippen molar-refractivity contribution in [2.24, 2.45) is 0 Å². The summed E-state index contributed by atoms with van der Waals surface area (Å²) in [4.78, 5) is 0. The zero-order valence-corrected chi connectivity index (χ0v) is 13.5. The molecular formula is C15H19BrN2O2. The van der Waals surface area contributed by atoms with Gasteiger partial charge in [-0.3, -0.25) is 0 Å². The van der Waals surface area contributed by atoms with Gasteiger partial charge >= 0.3 is 0 Å². The molecule has 5 heteroatoms. The number of hydrogen-bond acceptors (Lipinski definition) is 4. The van der Waals surface area contributed by atoms with E-state index in [4.69, 9.17) is 9.26 Å². The number of aromatic nitrogens is 1. The van der Waals surface area contributed by atoms with Crippen molar-refractivity contribution in [2.45, 2.75) is 40.0 Å². The zero-order valence-electron chi connectivity index (χ0n) is 11.9. The van der Waals surface area contributed by atoms with Gasteiger partial charge in [0.05, 0.1) is 10.2 Å². The third-order valence-electron chi connectivity index (χ3n) is 2.76. The lowest BCUT2D eigenvalue weighted by Crippen LogP contribution is -2.21. The Morgan fingerprint density at radius 3 is 2.75 bits per heavy atom. The molecule has 2 rings (SSSR count). The van der Waals surface area contributed by atoms with Gasteiger partial charge in [0.2, 0.25) is 0 Å². The van der Waals surface area contributed by atoms with Crippen LogP contribution in [0.5, 0.6) is 5.75 Å². The summed E-state index contributed by atoms with van der Waals surface area (Å²) in [7, 11) is 0. The molecular weight excluding hydrogens is 320 g/mol. The Balaban J connectivity index is 1.95. The van der Waals surface area contributed by atoms with Crippen LogP contribution in [0.25, 0.3) is 0 Å². The van der Waals surface area contributed by atoms with Crippen LogP contribution in [0.1, 0.15) is 30.9 Å². The van der Waals surface area contributed by atoms with Crippen LogP contribution >= 0.6 is 15.9 Å². The summed E-state index contributed by atoms with van der Waals surface area (Å²) in [6, 6.07) is 8.43. The van der Waals surface area contributed by atoms with Crippen LogP contribution in [0, 0.1) is 6.92 Å². The van der Waals surface area contributed by atoms with Gasteiger partial charge in [0, 0.05) is 18.7 Å². The van der Waals surface area contributed by atoms with Crippen molar-refractivity contribution in [1.29, 1.82) is 0 Å². The summed E-state index contributed by atoms with van der Waals surface area (Å²) in [5.74, 6) is 1.52. The molecule has 0 aliphatic carbocycles. The van der Waals surface area contributed by atoms with Crippen molar-refractivity contribution >= 4 is 15.9 Å². The molecule has 0 amide bonds. The SMILES string of the molecule is Cc1cc(COc2ccc(CNC(C)C)cc2Br)on1. The summed E-state index contributed by atoms with van der Waals surface area (Å²) in [5, 5.41) is 7.22. The van der Waals surface area contributed by atoms with Crippen molar-refractivity contribution in [3.05, 3.63) is 45.8 Å². The molecule has 108 valence electrons. The molecule has 0 fully saturated rings. The summed E-state index contributed by atoms with van der Waals surface area (Å²) in [5.41, 5.74) is 2.08. The highest BCUT2D eigenvalue weighted by atomic mass is 79.9. The van der Waals surface area contributed by atoms with E-state index in [2.05, 4.69) is 52.4 Å². The fourth-order valence-corrected chi connectivity index (χ4v) is 2.27. The minimum atomic E-state index is 0.378. The second-order valence-corrected chi connectivity index (χ2v) is 5.88. The fourth-order valence-electron chi connectivity index (χ4n) is 1.73. The van der Waals surface area contributed by atoms with E-state index in [9.17, 15) is 0 Å². The first-order valence-electron chi connectivity index (χ1n) is 6.61. The number of hydrogen-bond donors (Lipinski definition) is 1. The second kappa shape index (κ2) is 6.90. The van der Waals surface area contributed by atoms with Gasteiger partial charge in [0.1, 0.15) is 12.4 Å². The number of nitrogens with one attached hydrogen (secondary N) is 1. The Morgan fingerprint density at radius 1 is 1.35 bits per heavy atom. The second-order valence-electron chi connectivity index (χ2n) is 5.02. The van der Waals surface area contributed by atoms with Crippen LogP contribution in [0.15, 0.2) is 33.3 Å². The molecule has 4 nitrogen and oxygen atoms in total. The molecule has 0 spiro atoms.